The third kappa shape index (κ3) is 6.35. The van der Waals surface area contributed by atoms with Gasteiger partial charge in [0.25, 0.3) is 0 Å². The summed E-state index contributed by atoms with van der Waals surface area (Å²) < 4.78 is 21.3. The van der Waals surface area contributed by atoms with Crippen molar-refractivity contribution in [2.45, 2.75) is 12.2 Å². The van der Waals surface area contributed by atoms with Gasteiger partial charge in [0.2, 0.25) is 0 Å². The number of nitrogens with zero attached hydrogens (tertiary/aromatic N) is 1. The zero-order valence-corrected chi connectivity index (χ0v) is 10.00. The van der Waals surface area contributed by atoms with Crippen LogP contribution in [0.15, 0.2) is 0 Å². The lowest BCUT2D eigenvalue weighted by Crippen LogP contribution is -2.20. The van der Waals surface area contributed by atoms with Gasteiger partial charge in [0.1, 0.15) is 5.78 Å². The molecule has 0 saturated heterocycles. The van der Waals surface area contributed by atoms with Gasteiger partial charge in [-0.1, -0.05) is 0 Å². The molecule has 0 rings (SSSR count). The van der Waals surface area contributed by atoms with Gasteiger partial charge < -0.3 is 19.6 Å². The Kier molecular flexibility index (Phi) is 5.57. The van der Waals surface area contributed by atoms with Crippen LogP contribution >= 0.6 is 38.7 Å². The number of hydrogen-bond donors (Lipinski definition) is 4. The predicted octanol–water partition coefficient (Wildman–Crippen LogP) is 0.668. The van der Waals surface area contributed by atoms with Crippen molar-refractivity contribution in [2.75, 3.05) is 6.16 Å². The molecule has 0 bridgehead atoms. The number of halogens is 2. The van der Waals surface area contributed by atoms with Crippen LogP contribution in [0.2, 0.25) is 0 Å². The maximum absolute atomic E-state index is 10.7. The molecular formula is C3H9Cl2NO6P2. The quantitative estimate of drug-likeness (QED) is 0.433. The molecule has 11 heteroatoms. The van der Waals surface area contributed by atoms with Crippen LogP contribution in [0.4, 0.5) is 0 Å². The third-order valence-corrected chi connectivity index (χ3v) is 4.14. The van der Waals surface area contributed by atoms with Crippen LogP contribution in [0.5, 0.6) is 0 Å². The van der Waals surface area contributed by atoms with Crippen molar-refractivity contribution < 1.29 is 28.7 Å². The molecule has 1 atom stereocenters. The first-order valence-electron chi connectivity index (χ1n) is 3.24. The second-order valence-electron chi connectivity index (χ2n) is 2.51. The standard InChI is InChI=1S/C3H9Cl2NO6P2/c4-6(5)3(14(10,11)12)1-2-13(7,8)9/h3H,1-2H2,(H2,7,8,9)(H2,10,11,12). The van der Waals surface area contributed by atoms with Crippen LogP contribution < -0.4 is 0 Å². The third-order valence-electron chi connectivity index (χ3n) is 1.29. The average molecular weight is 288 g/mol. The number of rotatable bonds is 5. The van der Waals surface area contributed by atoms with E-state index in [1.54, 1.807) is 0 Å². The molecule has 0 radical (unpaired) electrons. The largest absolute Gasteiger partial charge is 0.345 e. The summed E-state index contributed by atoms with van der Waals surface area (Å²) in [6.07, 6.45) is -1.19. The summed E-state index contributed by atoms with van der Waals surface area (Å²) in [5.74, 6) is -1.61. The molecular weight excluding hydrogens is 279 g/mol. The van der Waals surface area contributed by atoms with Gasteiger partial charge >= 0.3 is 15.2 Å². The Labute approximate surface area is 90.2 Å². The molecule has 0 aliphatic heterocycles. The Morgan fingerprint density at radius 3 is 1.79 bits per heavy atom. The van der Waals surface area contributed by atoms with E-state index in [1.807, 2.05) is 0 Å². The van der Waals surface area contributed by atoms with E-state index in [2.05, 4.69) is 0 Å². The maximum Gasteiger partial charge on any atom is 0.345 e. The lowest BCUT2D eigenvalue weighted by atomic mass is 10.5. The Morgan fingerprint density at radius 2 is 1.57 bits per heavy atom. The molecule has 4 N–H and O–H groups in total. The second kappa shape index (κ2) is 5.25. The molecule has 0 aromatic rings. The Balaban J connectivity index is 4.43. The highest BCUT2D eigenvalue weighted by atomic mass is 35.5. The first kappa shape index (κ1) is 14.8. The summed E-state index contributed by atoms with van der Waals surface area (Å²) in [6.45, 7) is 0. The van der Waals surface area contributed by atoms with Gasteiger partial charge in [-0.25, -0.2) is 0 Å². The fraction of sp³-hybridized carbons (Fsp3) is 1.00. The normalized spacial score (nSPS) is 15.9. The fourth-order valence-electron chi connectivity index (χ4n) is 0.663. The van der Waals surface area contributed by atoms with Crippen LogP contribution in [0, 0.1) is 0 Å². The predicted molar refractivity (Wildman–Crippen MR) is 50.9 cm³/mol. The van der Waals surface area contributed by atoms with Crippen LogP contribution in [-0.4, -0.2) is 35.5 Å². The van der Waals surface area contributed by atoms with Crippen molar-refractivity contribution in [3.05, 3.63) is 0 Å². The fourth-order valence-corrected chi connectivity index (χ4v) is 3.02. The Bertz CT molecular complexity index is 272. The average Bonchev–Trinajstić information content (AvgIpc) is 1.79. The van der Waals surface area contributed by atoms with Crippen molar-refractivity contribution in [3.8, 4) is 0 Å². The van der Waals surface area contributed by atoms with Crippen LogP contribution in [0.3, 0.4) is 0 Å². The van der Waals surface area contributed by atoms with Crippen molar-refractivity contribution >= 4 is 38.7 Å². The van der Waals surface area contributed by atoms with Crippen molar-refractivity contribution in [2.24, 2.45) is 0 Å². The molecule has 86 valence electrons. The molecule has 1 unspecified atom stereocenters. The minimum Gasteiger partial charge on any atom is -0.324 e. The van der Waals surface area contributed by atoms with Crippen LogP contribution in [0.1, 0.15) is 6.42 Å². The molecule has 0 aromatic heterocycles. The van der Waals surface area contributed by atoms with Crippen LogP contribution in [0.25, 0.3) is 0 Å². The van der Waals surface area contributed by atoms with Gasteiger partial charge in [0.15, 0.2) is 0 Å². The molecule has 0 aliphatic rings. The highest BCUT2D eigenvalue weighted by Gasteiger charge is 2.35. The minimum absolute atomic E-state index is 0.205. The molecule has 7 nitrogen and oxygen atoms in total. The van der Waals surface area contributed by atoms with E-state index in [1.165, 1.54) is 0 Å². The van der Waals surface area contributed by atoms with Gasteiger partial charge in [0, 0.05) is 0 Å². The van der Waals surface area contributed by atoms with E-state index in [9.17, 15) is 9.13 Å². The summed E-state index contributed by atoms with van der Waals surface area (Å²) >= 11 is 10.2. The van der Waals surface area contributed by atoms with Crippen LogP contribution in [-0.2, 0) is 9.13 Å². The van der Waals surface area contributed by atoms with Gasteiger partial charge in [0.05, 0.1) is 6.16 Å². The van der Waals surface area contributed by atoms with Gasteiger partial charge in [-0.05, 0) is 30.0 Å². The number of hydrogen-bond acceptors (Lipinski definition) is 3. The molecule has 0 heterocycles. The van der Waals surface area contributed by atoms with E-state index < -0.39 is 33.6 Å². The molecule has 14 heavy (non-hydrogen) atoms. The lowest BCUT2D eigenvalue weighted by molar-refractivity contribution is 0.333. The van der Waals surface area contributed by atoms with E-state index in [0.717, 1.165) is 0 Å². The SMILES string of the molecule is O=P(O)(O)CCC(N(Cl)Cl)P(=O)(O)O. The van der Waals surface area contributed by atoms with Crippen molar-refractivity contribution in [3.63, 3.8) is 0 Å². The highest BCUT2D eigenvalue weighted by molar-refractivity contribution is 7.53. The molecule has 0 fully saturated rings. The Hall–Kier alpha value is 0.840. The van der Waals surface area contributed by atoms with E-state index in [-0.39, 0.29) is 3.94 Å². The van der Waals surface area contributed by atoms with Crippen molar-refractivity contribution in [1.82, 2.24) is 3.94 Å². The zero-order valence-electron chi connectivity index (χ0n) is 6.69. The van der Waals surface area contributed by atoms with E-state index in [4.69, 9.17) is 43.1 Å². The molecule has 0 saturated carbocycles. The van der Waals surface area contributed by atoms with Crippen molar-refractivity contribution in [1.29, 1.82) is 0 Å². The summed E-state index contributed by atoms with van der Waals surface area (Å²) in [5.41, 5.74) is 0. The van der Waals surface area contributed by atoms with Gasteiger partial charge in [-0.15, -0.1) is 3.94 Å². The smallest absolute Gasteiger partial charge is 0.324 e. The first-order chi connectivity index (χ1) is 6.04. The molecule has 0 aromatic carbocycles. The molecule has 0 amide bonds. The van der Waals surface area contributed by atoms with Gasteiger partial charge in [-0.3, -0.25) is 9.13 Å². The minimum atomic E-state index is -4.60. The summed E-state index contributed by atoms with van der Waals surface area (Å²) in [4.78, 5) is 34.3. The lowest BCUT2D eigenvalue weighted by Gasteiger charge is -2.20. The van der Waals surface area contributed by atoms with E-state index >= 15 is 0 Å². The summed E-state index contributed by atoms with van der Waals surface area (Å²) in [5, 5.41) is 0. The topological polar surface area (TPSA) is 118 Å². The maximum atomic E-state index is 10.7. The molecule has 0 aliphatic carbocycles. The van der Waals surface area contributed by atoms with E-state index in [0.29, 0.717) is 0 Å². The summed E-state index contributed by atoms with van der Waals surface area (Å²) in [6, 6.07) is 0. The monoisotopic (exact) mass is 287 g/mol. The Morgan fingerprint density at radius 1 is 1.14 bits per heavy atom. The molecule has 0 spiro atoms. The first-order valence-corrected chi connectivity index (χ1v) is 7.40. The van der Waals surface area contributed by atoms with Gasteiger partial charge in [-0.2, -0.15) is 0 Å². The highest BCUT2D eigenvalue weighted by Crippen LogP contribution is 2.48. The summed E-state index contributed by atoms with van der Waals surface area (Å²) in [7, 11) is -8.92. The second-order valence-corrected chi connectivity index (χ2v) is 6.96. The zero-order chi connectivity index (χ0) is 11.6.